The van der Waals surface area contributed by atoms with Crippen LogP contribution in [0.5, 0.6) is 23.0 Å². The van der Waals surface area contributed by atoms with Crippen molar-refractivity contribution in [1.82, 2.24) is 10.2 Å². The SMILES string of the molecule is C.C.C.CC(C)(C)[Si](C)(C)OCC=O.CC(C)Oc1ccc(C(O)CN(CCO)Cc2ccc(OCc3ccccc3)cc2)cc1Cl.CC(C)Oc1ccc(C(O)CNCc2ccc(OCc3ccccc3)cc2)cc1Cl. The molecular weight excluding hydrogens is 1030 g/mol. The Bertz CT molecular complexity index is 2510. The Balaban J connectivity index is 0.000000627. The smallest absolute Gasteiger partial charge is 0.192 e. The van der Waals surface area contributed by atoms with Crippen molar-refractivity contribution >= 4 is 37.8 Å². The molecule has 0 fully saturated rings. The molecule has 4 N–H and O–H groups in total. The monoisotopic (exact) mass is 1120 g/mol. The molecule has 0 aromatic heterocycles. The van der Waals surface area contributed by atoms with E-state index in [4.69, 9.17) is 46.6 Å². The Labute approximate surface area is 473 Å². The van der Waals surface area contributed by atoms with Crippen molar-refractivity contribution in [3.63, 3.8) is 0 Å². The maximum absolute atomic E-state index is 10.8. The van der Waals surface area contributed by atoms with E-state index < -0.39 is 20.5 Å². The number of ether oxygens (including phenoxy) is 4. The Hall–Kier alpha value is -5.25. The Morgan fingerprint density at radius 3 is 1.47 bits per heavy atom. The summed E-state index contributed by atoms with van der Waals surface area (Å²) in [6.45, 7) is 22.3. The van der Waals surface area contributed by atoms with E-state index in [1.54, 1.807) is 24.3 Å². The van der Waals surface area contributed by atoms with Gasteiger partial charge >= 0.3 is 0 Å². The van der Waals surface area contributed by atoms with Crippen LogP contribution in [0.2, 0.25) is 28.2 Å². The first-order chi connectivity index (χ1) is 35.3. The maximum atomic E-state index is 10.8. The molecule has 0 saturated heterocycles. The molecule has 0 aliphatic carbocycles. The Kier molecular flexibility index (Phi) is 32.6. The number of aliphatic hydroxyl groups excluding tert-OH is 3. The molecule has 77 heavy (non-hydrogen) atoms. The number of aliphatic hydroxyl groups is 3. The Morgan fingerprint density at radius 2 is 1.06 bits per heavy atom. The fourth-order valence-corrected chi connectivity index (χ4v) is 8.32. The van der Waals surface area contributed by atoms with Crippen molar-refractivity contribution in [3.8, 4) is 23.0 Å². The van der Waals surface area contributed by atoms with Gasteiger partial charge in [0.2, 0.25) is 0 Å². The first kappa shape index (κ1) is 69.8. The van der Waals surface area contributed by atoms with Gasteiger partial charge in [0.15, 0.2) is 8.32 Å². The van der Waals surface area contributed by atoms with Crippen molar-refractivity contribution < 1.29 is 43.5 Å². The normalized spacial score (nSPS) is 11.8. The minimum Gasteiger partial charge on any atom is -0.489 e. The lowest BCUT2D eigenvalue weighted by atomic mass is 10.1. The highest BCUT2D eigenvalue weighted by Crippen LogP contribution is 2.36. The molecular formula is C63H90Cl2N2O9Si. The van der Waals surface area contributed by atoms with Gasteiger partial charge in [-0.25, -0.2) is 0 Å². The van der Waals surface area contributed by atoms with Crippen molar-refractivity contribution in [2.24, 2.45) is 0 Å². The van der Waals surface area contributed by atoms with Gasteiger partial charge in [-0.2, -0.15) is 0 Å². The van der Waals surface area contributed by atoms with E-state index in [2.05, 4.69) is 39.2 Å². The van der Waals surface area contributed by atoms with Gasteiger partial charge < -0.3 is 48.8 Å². The van der Waals surface area contributed by atoms with Gasteiger partial charge in [-0.15, -0.1) is 0 Å². The second-order valence-corrected chi connectivity index (χ2v) is 25.5. The quantitative estimate of drug-likeness (QED) is 0.0322. The molecule has 0 aliphatic rings. The van der Waals surface area contributed by atoms with E-state index in [1.807, 2.05) is 154 Å². The molecule has 2 unspecified atom stereocenters. The third-order valence-corrected chi connectivity index (χ3v) is 17.1. The average molecular weight is 1120 g/mol. The Morgan fingerprint density at radius 1 is 0.623 bits per heavy atom. The molecule has 0 aliphatic heterocycles. The topological polar surface area (TPSA) is 139 Å². The van der Waals surface area contributed by atoms with Crippen LogP contribution in [0.25, 0.3) is 0 Å². The molecule has 6 rings (SSSR count). The molecule has 0 bridgehead atoms. The number of hydrogen-bond donors (Lipinski definition) is 4. The number of nitrogens with one attached hydrogen (secondary N) is 1. The summed E-state index contributed by atoms with van der Waals surface area (Å²) in [4.78, 5) is 12.1. The first-order valence-corrected chi connectivity index (χ1v) is 28.8. The minimum absolute atomic E-state index is 0. The summed E-state index contributed by atoms with van der Waals surface area (Å²) in [6.07, 6.45) is -0.497. The lowest BCUT2D eigenvalue weighted by molar-refractivity contribution is -0.109. The predicted octanol–water partition coefficient (Wildman–Crippen LogP) is 14.9. The number of carbonyl (C=O) groups excluding carboxylic acids is 1. The van der Waals surface area contributed by atoms with Gasteiger partial charge in [-0.1, -0.05) is 163 Å². The molecule has 0 spiro atoms. The molecule has 0 heterocycles. The summed E-state index contributed by atoms with van der Waals surface area (Å²) in [6, 6.07) is 46.7. The lowest BCUT2D eigenvalue weighted by Gasteiger charge is -2.35. The van der Waals surface area contributed by atoms with Gasteiger partial charge in [0.1, 0.15) is 42.5 Å². The largest absolute Gasteiger partial charge is 0.489 e. The number of aldehydes is 1. The second kappa shape index (κ2) is 36.0. The van der Waals surface area contributed by atoms with Gasteiger partial charge in [0.05, 0.1) is 47.7 Å². The summed E-state index contributed by atoms with van der Waals surface area (Å²) in [5.41, 5.74) is 5.92. The molecule has 424 valence electrons. The van der Waals surface area contributed by atoms with Crippen LogP contribution in [-0.2, 0) is 35.5 Å². The maximum Gasteiger partial charge on any atom is 0.192 e. The third kappa shape index (κ3) is 25.8. The van der Waals surface area contributed by atoms with Crippen molar-refractivity contribution in [3.05, 3.63) is 189 Å². The number of carbonyl (C=O) groups is 1. The predicted molar refractivity (Wildman–Crippen MR) is 322 cm³/mol. The van der Waals surface area contributed by atoms with E-state index in [1.165, 1.54) is 0 Å². The molecule has 14 heteroatoms. The number of halogens is 2. The summed E-state index contributed by atoms with van der Waals surface area (Å²) >= 11 is 12.6. The number of nitrogens with zero attached hydrogens (tertiary/aromatic N) is 1. The zero-order valence-corrected chi connectivity index (χ0v) is 47.1. The number of benzene rings is 6. The highest BCUT2D eigenvalue weighted by Gasteiger charge is 2.36. The lowest BCUT2D eigenvalue weighted by Crippen LogP contribution is -2.41. The molecule has 11 nitrogen and oxygen atoms in total. The van der Waals surface area contributed by atoms with E-state index in [9.17, 15) is 20.1 Å². The molecule has 0 radical (unpaired) electrons. The van der Waals surface area contributed by atoms with Gasteiger partial charge in [0.25, 0.3) is 0 Å². The van der Waals surface area contributed by atoms with E-state index in [0.717, 1.165) is 45.6 Å². The van der Waals surface area contributed by atoms with E-state index in [0.29, 0.717) is 73.0 Å². The fourth-order valence-electron chi connectivity index (χ4n) is 6.94. The van der Waals surface area contributed by atoms with Crippen LogP contribution < -0.4 is 24.3 Å². The summed E-state index contributed by atoms with van der Waals surface area (Å²) < 4.78 is 28.5. The molecule has 6 aromatic rings. The van der Waals surface area contributed by atoms with Gasteiger partial charge in [-0.3, -0.25) is 4.90 Å². The van der Waals surface area contributed by atoms with Crippen LogP contribution in [0.15, 0.2) is 146 Å². The van der Waals surface area contributed by atoms with Crippen molar-refractivity contribution in [1.29, 1.82) is 0 Å². The summed E-state index contributed by atoms with van der Waals surface area (Å²) in [7, 11) is -1.66. The summed E-state index contributed by atoms with van der Waals surface area (Å²) in [5, 5.41) is 35.2. The molecule has 0 saturated carbocycles. The summed E-state index contributed by atoms with van der Waals surface area (Å²) in [5.74, 6) is 2.87. The van der Waals surface area contributed by atoms with Crippen LogP contribution in [0.4, 0.5) is 0 Å². The highest BCUT2D eigenvalue weighted by atomic mass is 35.5. The molecule has 0 amide bonds. The zero-order chi connectivity index (χ0) is 54.1. The zero-order valence-electron chi connectivity index (χ0n) is 44.6. The van der Waals surface area contributed by atoms with E-state index >= 15 is 0 Å². The minimum atomic E-state index is -1.66. The first-order valence-electron chi connectivity index (χ1n) is 25.2. The van der Waals surface area contributed by atoms with Crippen LogP contribution in [0, 0.1) is 0 Å². The second-order valence-electron chi connectivity index (χ2n) is 19.9. The van der Waals surface area contributed by atoms with Crippen LogP contribution in [0.3, 0.4) is 0 Å². The molecule has 2 atom stereocenters. The number of rotatable bonds is 25. The van der Waals surface area contributed by atoms with Crippen LogP contribution >= 0.6 is 23.2 Å². The van der Waals surface area contributed by atoms with E-state index in [-0.39, 0.29) is 52.7 Å². The van der Waals surface area contributed by atoms with Crippen molar-refractivity contribution in [2.45, 2.75) is 140 Å². The standard InChI is InChI=1S/C27H32ClNO4.C25H28ClNO3.C8H18O2Si.3CH4/c1-20(2)33-27-13-10-23(16-25(27)28)26(31)18-29(14-15-30)17-21-8-11-24(12-9-21)32-19-22-6-4-3-5-7-22;1-18(2)30-25-13-10-21(14-23(25)26)24(28)16-27-15-19-8-11-22(12-9-19)29-17-20-6-4-3-5-7-20;1-8(2,3)11(4,5)10-7-6-9;;;/h3-13,16,20,26,30-31H,14-15,17-19H2,1-2H3;3-14,18,24,27-28H,15-17H2,1-2H3;6H,7H2,1-5H3;3*1H4. The fraction of sp³-hybridized carbons (Fsp3) is 0.413. The van der Waals surface area contributed by atoms with Crippen molar-refractivity contribution in [2.75, 3.05) is 32.8 Å². The van der Waals surface area contributed by atoms with Gasteiger partial charge in [0, 0.05) is 32.7 Å². The molecule has 6 aromatic carbocycles. The average Bonchev–Trinajstić information content (AvgIpc) is 3.37. The number of hydrogen-bond acceptors (Lipinski definition) is 11. The highest BCUT2D eigenvalue weighted by molar-refractivity contribution is 6.74. The van der Waals surface area contributed by atoms with Crippen LogP contribution in [-0.4, -0.2) is 79.9 Å². The third-order valence-electron chi connectivity index (χ3n) is 12.0. The van der Waals surface area contributed by atoms with Gasteiger partial charge in [-0.05, 0) is 128 Å². The van der Waals surface area contributed by atoms with Crippen LogP contribution in [0.1, 0.15) is 116 Å².